The number of nitrogens with one attached hydrogen (secondary N) is 3. The smallest absolute Gasteiger partial charge is 0.237 e. The molecule has 2 heterocycles. The van der Waals surface area contributed by atoms with Crippen molar-refractivity contribution in [2.45, 2.75) is 45.1 Å². The molecule has 1 aliphatic heterocycles. The Kier molecular flexibility index (Phi) is 10.5. The number of nitrogens with two attached hydrogens (primary N) is 1. The maximum Gasteiger partial charge on any atom is 0.237 e. The number of hydrogen-bond donors (Lipinski definition) is 4. The topological polar surface area (TPSA) is 105 Å². The number of anilines is 2. The van der Waals surface area contributed by atoms with Gasteiger partial charge in [0.25, 0.3) is 0 Å². The number of rotatable bonds is 7. The van der Waals surface area contributed by atoms with Crippen LogP contribution >= 0.6 is 0 Å². The van der Waals surface area contributed by atoms with Crippen molar-refractivity contribution in [3.63, 3.8) is 0 Å². The first-order chi connectivity index (χ1) is 12.7. The number of carbonyl (C=O) groups is 1. The van der Waals surface area contributed by atoms with E-state index in [1.165, 1.54) is 0 Å². The van der Waals surface area contributed by atoms with Gasteiger partial charge in [0.05, 0.1) is 17.8 Å². The van der Waals surface area contributed by atoms with E-state index in [0.29, 0.717) is 18.8 Å². The molecule has 142 valence electrons. The third-order valence-corrected chi connectivity index (χ3v) is 3.73. The number of amides is 1. The number of aromatic nitrogens is 2. The molecule has 7 nitrogen and oxygen atoms in total. The van der Waals surface area contributed by atoms with Crippen molar-refractivity contribution in [2.24, 2.45) is 0 Å². The van der Waals surface area contributed by atoms with Crippen LogP contribution in [0.5, 0.6) is 0 Å². The lowest BCUT2D eigenvalue weighted by Crippen LogP contribution is -2.40. The molecule has 26 heavy (non-hydrogen) atoms. The van der Waals surface area contributed by atoms with Crippen molar-refractivity contribution < 1.29 is 4.79 Å². The first kappa shape index (κ1) is 21.5. The minimum atomic E-state index is -0.0183. The molecule has 0 radical (unpaired) electrons. The van der Waals surface area contributed by atoms with Gasteiger partial charge in [-0.2, -0.15) is 4.98 Å². The normalized spacial score (nSPS) is 15.2. The number of unbranched alkanes of at least 4 members (excludes halogenated alkanes) is 1. The van der Waals surface area contributed by atoms with Crippen molar-refractivity contribution in [1.29, 1.82) is 0 Å². The highest BCUT2D eigenvalue weighted by atomic mass is 16.2. The first-order valence-corrected chi connectivity index (χ1v) is 9.07. The van der Waals surface area contributed by atoms with E-state index >= 15 is 0 Å². The van der Waals surface area contributed by atoms with Gasteiger partial charge in [0, 0.05) is 19.5 Å². The zero-order valence-electron chi connectivity index (χ0n) is 15.6. The standard InChI is InChI=1S/C17H26N6O.C2H4/c1-2-9-20-15-13(12-22-17(18)23-15)7-4-3-5-10-21-16(24)14-8-6-11-19-14;1-2/h12,14,19H,2-3,5-6,8-11H2,1H3,(H,21,24)(H3,18,20,22,23);1-2H2. The van der Waals surface area contributed by atoms with Crippen molar-refractivity contribution in [2.75, 3.05) is 30.7 Å². The van der Waals surface area contributed by atoms with Crippen LogP contribution in [0, 0.1) is 11.8 Å². The molecule has 2 rings (SSSR count). The molecule has 1 aliphatic rings. The van der Waals surface area contributed by atoms with Gasteiger partial charge in [-0.25, -0.2) is 4.98 Å². The molecule has 1 saturated heterocycles. The second-order valence-corrected chi connectivity index (χ2v) is 5.76. The minimum absolute atomic E-state index is 0.0183. The molecule has 0 saturated carbocycles. The third kappa shape index (κ3) is 7.53. The van der Waals surface area contributed by atoms with Crippen molar-refractivity contribution in [3.05, 3.63) is 24.9 Å². The lowest BCUT2D eigenvalue weighted by Gasteiger charge is -2.10. The van der Waals surface area contributed by atoms with Crippen molar-refractivity contribution in [3.8, 4) is 11.8 Å². The maximum absolute atomic E-state index is 11.8. The van der Waals surface area contributed by atoms with Crippen LogP contribution in [-0.4, -0.2) is 41.6 Å². The summed E-state index contributed by atoms with van der Waals surface area (Å²) in [5.41, 5.74) is 6.36. The number of carbonyl (C=O) groups excluding carboxylic acids is 1. The molecule has 1 aromatic heterocycles. The Hall–Kier alpha value is -2.59. The lowest BCUT2D eigenvalue weighted by molar-refractivity contribution is -0.122. The molecule has 1 amide bonds. The van der Waals surface area contributed by atoms with Crippen LogP contribution in [0.15, 0.2) is 19.4 Å². The highest BCUT2D eigenvalue weighted by molar-refractivity contribution is 5.81. The molecule has 1 fully saturated rings. The zero-order chi connectivity index (χ0) is 19.2. The predicted octanol–water partition coefficient (Wildman–Crippen LogP) is 1.68. The van der Waals surface area contributed by atoms with E-state index in [0.717, 1.165) is 44.3 Å². The zero-order valence-corrected chi connectivity index (χ0v) is 15.6. The SMILES string of the molecule is C=C.CCCNc1nc(N)ncc1C#CCCCNC(=O)C1CCCN1. The summed E-state index contributed by atoms with van der Waals surface area (Å²) >= 11 is 0. The molecule has 1 unspecified atom stereocenters. The molecule has 0 aromatic carbocycles. The average Bonchev–Trinajstić information content (AvgIpc) is 3.20. The summed E-state index contributed by atoms with van der Waals surface area (Å²) in [5.74, 6) is 7.19. The van der Waals surface area contributed by atoms with Crippen LogP contribution < -0.4 is 21.7 Å². The summed E-state index contributed by atoms with van der Waals surface area (Å²) in [5, 5.41) is 9.34. The Morgan fingerprint density at radius 1 is 1.46 bits per heavy atom. The van der Waals surface area contributed by atoms with E-state index in [2.05, 4.69) is 57.8 Å². The fourth-order valence-corrected chi connectivity index (χ4v) is 2.44. The van der Waals surface area contributed by atoms with E-state index in [9.17, 15) is 4.79 Å². The maximum atomic E-state index is 11.8. The fraction of sp³-hybridized carbons (Fsp3) is 0.526. The van der Waals surface area contributed by atoms with Gasteiger partial charge in [-0.3, -0.25) is 4.79 Å². The summed E-state index contributed by atoms with van der Waals surface area (Å²) in [6.07, 6.45) is 6.15. The second kappa shape index (κ2) is 12.7. The van der Waals surface area contributed by atoms with Crippen LogP contribution in [0.3, 0.4) is 0 Å². The minimum Gasteiger partial charge on any atom is -0.369 e. The van der Waals surface area contributed by atoms with E-state index in [4.69, 9.17) is 5.73 Å². The molecule has 5 N–H and O–H groups in total. The Bertz CT molecular complexity index is 616. The van der Waals surface area contributed by atoms with Crippen molar-refractivity contribution >= 4 is 17.7 Å². The lowest BCUT2D eigenvalue weighted by atomic mass is 10.2. The molecule has 7 heteroatoms. The van der Waals surface area contributed by atoms with Crippen LogP contribution in [0.2, 0.25) is 0 Å². The van der Waals surface area contributed by atoms with Crippen LogP contribution in [0.25, 0.3) is 0 Å². The monoisotopic (exact) mass is 358 g/mol. The fourth-order valence-electron chi connectivity index (χ4n) is 2.44. The molecule has 0 bridgehead atoms. The average molecular weight is 358 g/mol. The summed E-state index contributed by atoms with van der Waals surface area (Å²) in [6.45, 7) is 10.5. The molecular weight excluding hydrogens is 328 g/mol. The van der Waals surface area contributed by atoms with Crippen LogP contribution in [-0.2, 0) is 4.79 Å². The molecule has 0 spiro atoms. The van der Waals surface area contributed by atoms with Crippen molar-refractivity contribution in [1.82, 2.24) is 20.6 Å². The van der Waals surface area contributed by atoms with Gasteiger partial charge in [-0.1, -0.05) is 18.8 Å². The van der Waals surface area contributed by atoms with E-state index in [1.54, 1.807) is 6.20 Å². The predicted molar refractivity (Wildman–Crippen MR) is 107 cm³/mol. The Morgan fingerprint density at radius 2 is 2.27 bits per heavy atom. The summed E-state index contributed by atoms with van der Waals surface area (Å²) in [7, 11) is 0. The molecule has 1 atom stereocenters. The number of hydrogen-bond acceptors (Lipinski definition) is 6. The third-order valence-electron chi connectivity index (χ3n) is 3.73. The number of nitrogen functional groups attached to an aromatic ring is 1. The van der Waals surface area contributed by atoms with Gasteiger partial charge in [0.2, 0.25) is 11.9 Å². The van der Waals surface area contributed by atoms with Gasteiger partial charge in [-0.05, 0) is 32.2 Å². The van der Waals surface area contributed by atoms with Gasteiger partial charge < -0.3 is 21.7 Å². The van der Waals surface area contributed by atoms with E-state index in [1.807, 2.05) is 0 Å². The summed E-state index contributed by atoms with van der Waals surface area (Å²) < 4.78 is 0. The van der Waals surface area contributed by atoms with Gasteiger partial charge in [0.15, 0.2) is 0 Å². The molecule has 1 aromatic rings. The van der Waals surface area contributed by atoms with Crippen LogP contribution in [0.4, 0.5) is 11.8 Å². The van der Waals surface area contributed by atoms with Gasteiger partial charge >= 0.3 is 0 Å². The number of nitrogens with zero attached hydrogens (tertiary/aromatic N) is 2. The summed E-state index contributed by atoms with van der Waals surface area (Å²) in [4.78, 5) is 20.0. The van der Waals surface area contributed by atoms with Gasteiger partial charge in [-0.15, -0.1) is 13.2 Å². The Balaban J connectivity index is 0.00000163. The highest BCUT2D eigenvalue weighted by Gasteiger charge is 2.20. The Morgan fingerprint density at radius 3 is 2.96 bits per heavy atom. The highest BCUT2D eigenvalue weighted by Crippen LogP contribution is 2.11. The summed E-state index contributed by atoms with van der Waals surface area (Å²) in [6, 6.07) is -0.0183. The molecule has 0 aliphatic carbocycles. The van der Waals surface area contributed by atoms with Gasteiger partial charge in [0.1, 0.15) is 5.82 Å². The van der Waals surface area contributed by atoms with E-state index in [-0.39, 0.29) is 17.9 Å². The second-order valence-electron chi connectivity index (χ2n) is 5.76. The van der Waals surface area contributed by atoms with E-state index < -0.39 is 0 Å². The quantitative estimate of drug-likeness (QED) is 0.336. The largest absolute Gasteiger partial charge is 0.369 e. The van der Waals surface area contributed by atoms with Crippen LogP contribution in [0.1, 0.15) is 44.6 Å². The molecular formula is C19H30N6O. The Labute approximate surface area is 156 Å². The first-order valence-electron chi connectivity index (χ1n) is 9.07.